The zero-order valence-electron chi connectivity index (χ0n) is 15.9. The van der Waals surface area contributed by atoms with E-state index in [1.807, 2.05) is 18.2 Å². The Hall–Kier alpha value is -1.03. The molecule has 2 nitrogen and oxygen atoms in total. The van der Waals surface area contributed by atoms with Crippen molar-refractivity contribution in [3.63, 3.8) is 0 Å². The first-order chi connectivity index (χ1) is 12.0. The highest BCUT2D eigenvalue weighted by molar-refractivity contribution is 8.37. The van der Waals surface area contributed by atoms with Crippen molar-refractivity contribution in [2.24, 2.45) is 11.8 Å². The summed E-state index contributed by atoms with van der Waals surface area (Å²) in [6.07, 6.45) is 8.95. The van der Waals surface area contributed by atoms with Crippen LogP contribution in [0, 0.1) is 11.8 Å². The third-order valence-corrected chi connectivity index (χ3v) is 9.45. The Labute approximate surface area is 154 Å². The second kappa shape index (κ2) is 7.69. The highest BCUT2D eigenvalue weighted by atomic mass is 32.3. The Morgan fingerprint density at radius 1 is 1.16 bits per heavy atom. The molecule has 2 aliphatic rings. The highest BCUT2D eigenvalue weighted by Gasteiger charge is 2.48. The molecule has 0 bridgehead atoms. The quantitative estimate of drug-likeness (QED) is 0.672. The Kier molecular flexibility index (Phi) is 5.77. The molecule has 0 saturated heterocycles. The molecule has 1 saturated carbocycles. The van der Waals surface area contributed by atoms with Crippen LogP contribution in [0.5, 0.6) is 0 Å². The van der Waals surface area contributed by atoms with Crippen molar-refractivity contribution >= 4 is 10.2 Å². The SMILES string of the molecule is CCNS1(C(O)(c2ccccc2)C(C)C)C=CC(C2CCCCC2)=C1. The summed E-state index contributed by atoms with van der Waals surface area (Å²) in [6.45, 7) is 7.27. The summed E-state index contributed by atoms with van der Waals surface area (Å²) in [5.74, 6) is 0.792. The van der Waals surface area contributed by atoms with Crippen LogP contribution in [0.25, 0.3) is 0 Å². The standard InChI is InChI=1S/C22H33NOS/c1-4-23-25(16-15-20(17-25)19-11-7-5-8-12-19)22(24,18(2)3)21-13-9-6-10-14-21/h6,9-10,13-19,23-24H,4-5,7-8,11-12H2,1-3H3. The first-order valence-corrected chi connectivity index (χ1v) is 11.5. The summed E-state index contributed by atoms with van der Waals surface area (Å²) in [6, 6.07) is 10.2. The summed E-state index contributed by atoms with van der Waals surface area (Å²) in [4.78, 5) is -0.892. The number of hydrogen-bond donors (Lipinski definition) is 2. The molecule has 1 aliphatic carbocycles. The van der Waals surface area contributed by atoms with E-state index < -0.39 is 15.1 Å². The van der Waals surface area contributed by atoms with Crippen LogP contribution in [0.1, 0.15) is 58.4 Å². The molecule has 1 heterocycles. The van der Waals surface area contributed by atoms with Gasteiger partial charge in [0.05, 0.1) is 0 Å². The zero-order chi connectivity index (χ0) is 17.9. The van der Waals surface area contributed by atoms with E-state index in [1.165, 1.54) is 37.7 Å². The van der Waals surface area contributed by atoms with E-state index >= 15 is 0 Å². The van der Waals surface area contributed by atoms with Crippen molar-refractivity contribution in [2.75, 3.05) is 6.54 Å². The van der Waals surface area contributed by atoms with E-state index in [0.717, 1.165) is 12.1 Å². The molecule has 1 aliphatic heterocycles. The minimum Gasteiger partial charge on any atom is -0.375 e. The van der Waals surface area contributed by atoms with Crippen LogP contribution in [-0.2, 0) is 4.93 Å². The summed E-state index contributed by atoms with van der Waals surface area (Å²) >= 11 is 0. The van der Waals surface area contributed by atoms with Gasteiger partial charge in [0.1, 0.15) is 4.93 Å². The lowest BCUT2D eigenvalue weighted by atomic mass is 9.84. The van der Waals surface area contributed by atoms with Gasteiger partial charge < -0.3 is 5.11 Å². The topological polar surface area (TPSA) is 32.3 Å². The Balaban J connectivity index is 2.04. The number of rotatable bonds is 6. The minimum atomic E-state index is -1.64. The number of nitrogens with one attached hydrogen (secondary N) is 1. The van der Waals surface area contributed by atoms with E-state index in [4.69, 9.17) is 0 Å². The van der Waals surface area contributed by atoms with Crippen molar-refractivity contribution in [3.05, 3.63) is 58.4 Å². The molecule has 2 N–H and O–H groups in total. The molecule has 3 heteroatoms. The molecular formula is C22H33NOS. The summed E-state index contributed by atoms with van der Waals surface area (Å²) < 4.78 is 3.72. The third-order valence-electron chi connectivity index (χ3n) is 5.74. The van der Waals surface area contributed by atoms with Gasteiger partial charge in [0.15, 0.2) is 0 Å². The normalized spacial score (nSPS) is 29.2. The maximum Gasteiger partial charge on any atom is 0.140 e. The van der Waals surface area contributed by atoms with Crippen molar-refractivity contribution in [3.8, 4) is 0 Å². The molecule has 25 heavy (non-hydrogen) atoms. The summed E-state index contributed by atoms with van der Waals surface area (Å²) in [5, 5.41) is 16.8. The summed E-state index contributed by atoms with van der Waals surface area (Å²) in [5.41, 5.74) is 2.47. The van der Waals surface area contributed by atoms with Crippen molar-refractivity contribution < 1.29 is 5.11 Å². The van der Waals surface area contributed by atoms with Gasteiger partial charge in [0, 0.05) is 6.54 Å². The number of benzene rings is 1. The molecule has 2 unspecified atom stereocenters. The van der Waals surface area contributed by atoms with E-state index in [2.05, 4.69) is 54.5 Å². The monoisotopic (exact) mass is 359 g/mol. The Bertz CT molecular complexity index is 633. The maximum atomic E-state index is 12.0. The molecule has 3 rings (SSSR count). The van der Waals surface area contributed by atoms with Crippen molar-refractivity contribution in [1.82, 2.24) is 4.72 Å². The maximum absolute atomic E-state index is 12.0. The molecule has 2 atom stereocenters. The van der Waals surface area contributed by atoms with E-state index in [1.54, 1.807) is 0 Å². The third kappa shape index (κ3) is 3.34. The van der Waals surface area contributed by atoms with E-state index in [-0.39, 0.29) is 5.92 Å². The lowest BCUT2D eigenvalue weighted by Crippen LogP contribution is -2.42. The first kappa shape index (κ1) is 18.8. The molecule has 138 valence electrons. The van der Waals surface area contributed by atoms with Crippen LogP contribution in [0.4, 0.5) is 0 Å². The molecule has 1 aromatic rings. The fraction of sp³-hybridized carbons (Fsp3) is 0.545. The van der Waals surface area contributed by atoms with Gasteiger partial charge in [-0.25, -0.2) is 0 Å². The Morgan fingerprint density at radius 3 is 2.44 bits per heavy atom. The second-order valence-corrected chi connectivity index (χ2v) is 10.5. The average Bonchev–Trinajstić information content (AvgIpc) is 3.08. The smallest absolute Gasteiger partial charge is 0.140 e. The van der Waals surface area contributed by atoms with E-state index in [9.17, 15) is 5.11 Å². The average molecular weight is 360 g/mol. The van der Waals surface area contributed by atoms with Crippen LogP contribution in [0.2, 0.25) is 0 Å². The molecule has 0 aromatic heterocycles. The lowest BCUT2D eigenvalue weighted by Gasteiger charge is -2.50. The van der Waals surface area contributed by atoms with Gasteiger partial charge in [0.25, 0.3) is 0 Å². The number of aliphatic hydroxyl groups is 1. The van der Waals surface area contributed by atoms with Crippen molar-refractivity contribution in [2.45, 2.75) is 57.8 Å². The lowest BCUT2D eigenvalue weighted by molar-refractivity contribution is 0.0818. The van der Waals surface area contributed by atoms with Crippen LogP contribution in [-0.4, -0.2) is 11.7 Å². The fourth-order valence-electron chi connectivity index (χ4n) is 4.37. The van der Waals surface area contributed by atoms with Gasteiger partial charge in [-0.05, 0) is 46.6 Å². The van der Waals surface area contributed by atoms with Gasteiger partial charge in [-0.3, -0.25) is 4.72 Å². The van der Waals surface area contributed by atoms with Crippen LogP contribution >= 0.6 is 10.2 Å². The van der Waals surface area contributed by atoms with Gasteiger partial charge in [-0.1, -0.05) is 76.4 Å². The molecule has 0 radical (unpaired) electrons. The fourth-order valence-corrected chi connectivity index (χ4v) is 8.10. The van der Waals surface area contributed by atoms with Crippen molar-refractivity contribution in [1.29, 1.82) is 0 Å². The second-order valence-electron chi connectivity index (χ2n) is 7.68. The molecule has 1 fully saturated rings. The predicted molar refractivity (Wildman–Crippen MR) is 110 cm³/mol. The van der Waals surface area contributed by atoms with Gasteiger partial charge in [-0.15, -0.1) is 10.2 Å². The van der Waals surface area contributed by atoms with Gasteiger partial charge in [-0.2, -0.15) is 0 Å². The predicted octanol–water partition coefficient (Wildman–Crippen LogP) is 5.81. The zero-order valence-corrected chi connectivity index (χ0v) is 16.7. The number of allylic oxidation sites excluding steroid dienone is 2. The molecule has 0 amide bonds. The van der Waals surface area contributed by atoms with Crippen LogP contribution in [0.3, 0.4) is 0 Å². The molecule has 0 spiro atoms. The summed E-state index contributed by atoms with van der Waals surface area (Å²) in [7, 11) is -1.64. The largest absolute Gasteiger partial charge is 0.375 e. The van der Waals surface area contributed by atoms with E-state index in [0.29, 0.717) is 5.92 Å². The number of hydrogen-bond acceptors (Lipinski definition) is 2. The minimum absolute atomic E-state index is 0.121. The first-order valence-electron chi connectivity index (χ1n) is 9.78. The van der Waals surface area contributed by atoms with Crippen LogP contribution in [0.15, 0.2) is 52.8 Å². The van der Waals surface area contributed by atoms with Gasteiger partial charge in [0.2, 0.25) is 0 Å². The molecule has 1 aromatic carbocycles. The molecular weight excluding hydrogens is 326 g/mol. The van der Waals surface area contributed by atoms with Crippen LogP contribution < -0.4 is 4.72 Å². The Morgan fingerprint density at radius 2 is 1.84 bits per heavy atom. The van der Waals surface area contributed by atoms with Gasteiger partial charge >= 0.3 is 0 Å². The highest BCUT2D eigenvalue weighted by Crippen LogP contribution is 2.68.